The summed E-state index contributed by atoms with van der Waals surface area (Å²) >= 11 is 0. The summed E-state index contributed by atoms with van der Waals surface area (Å²) in [6, 6.07) is 5.32. The first-order chi connectivity index (χ1) is 9.16. The molecule has 1 fully saturated rings. The van der Waals surface area contributed by atoms with Crippen LogP contribution in [-0.4, -0.2) is 30.8 Å². The van der Waals surface area contributed by atoms with Crippen LogP contribution in [0.25, 0.3) is 0 Å². The Morgan fingerprint density at radius 3 is 2.89 bits per heavy atom. The summed E-state index contributed by atoms with van der Waals surface area (Å²) in [5, 5.41) is 12.2. The number of carboxylic acids is 1. The number of aromatic carboxylic acids is 1. The van der Waals surface area contributed by atoms with Crippen LogP contribution in [0.4, 0.5) is 5.69 Å². The largest absolute Gasteiger partial charge is 0.478 e. The van der Waals surface area contributed by atoms with Crippen molar-refractivity contribution in [3.8, 4) is 0 Å². The zero-order valence-electron chi connectivity index (χ0n) is 11.3. The molecule has 1 aromatic rings. The normalized spacial score (nSPS) is 14.4. The van der Waals surface area contributed by atoms with Crippen molar-refractivity contribution in [1.29, 1.82) is 0 Å². The molecule has 2 rings (SSSR count). The number of carboxylic acid groups (broad SMARTS) is 1. The summed E-state index contributed by atoms with van der Waals surface area (Å²) in [5.41, 5.74) is 2.10. The fraction of sp³-hybridized carbons (Fsp3) is 0.533. The third-order valence-corrected chi connectivity index (χ3v) is 3.30. The van der Waals surface area contributed by atoms with E-state index in [-0.39, 0.29) is 0 Å². The number of carbonyl (C=O) groups is 1. The highest BCUT2D eigenvalue weighted by atomic mass is 16.5. The highest BCUT2D eigenvalue weighted by Crippen LogP contribution is 2.28. The molecule has 1 aliphatic rings. The summed E-state index contributed by atoms with van der Waals surface area (Å²) in [6.45, 7) is 4.35. The molecule has 19 heavy (non-hydrogen) atoms. The molecule has 1 saturated carbocycles. The minimum atomic E-state index is -0.877. The van der Waals surface area contributed by atoms with Crippen molar-refractivity contribution in [3.05, 3.63) is 29.3 Å². The number of benzene rings is 1. The Morgan fingerprint density at radius 1 is 1.47 bits per heavy atom. The van der Waals surface area contributed by atoms with E-state index < -0.39 is 5.97 Å². The maximum absolute atomic E-state index is 10.9. The lowest BCUT2D eigenvalue weighted by Gasteiger charge is -2.09. The highest BCUT2D eigenvalue weighted by molar-refractivity contribution is 5.89. The van der Waals surface area contributed by atoms with Crippen LogP contribution in [-0.2, 0) is 4.74 Å². The van der Waals surface area contributed by atoms with Gasteiger partial charge in [-0.3, -0.25) is 0 Å². The van der Waals surface area contributed by atoms with E-state index in [0.29, 0.717) is 5.56 Å². The maximum atomic E-state index is 10.9. The van der Waals surface area contributed by atoms with Crippen LogP contribution in [0.2, 0.25) is 0 Å². The van der Waals surface area contributed by atoms with Gasteiger partial charge in [0.05, 0.1) is 5.56 Å². The van der Waals surface area contributed by atoms with Gasteiger partial charge in [0, 0.05) is 25.4 Å². The predicted molar refractivity (Wildman–Crippen MR) is 74.8 cm³/mol. The number of rotatable bonds is 8. The molecule has 104 valence electrons. The van der Waals surface area contributed by atoms with Crippen molar-refractivity contribution >= 4 is 11.7 Å². The minimum absolute atomic E-state index is 0.360. The molecule has 1 aliphatic carbocycles. The first-order valence-corrected chi connectivity index (χ1v) is 6.82. The number of anilines is 1. The molecule has 0 radical (unpaired) electrons. The first kappa shape index (κ1) is 13.9. The fourth-order valence-electron chi connectivity index (χ4n) is 1.96. The van der Waals surface area contributed by atoms with Gasteiger partial charge in [-0.1, -0.05) is 0 Å². The van der Waals surface area contributed by atoms with Crippen LogP contribution in [0.1, 0.15) is 35.2 Å². The molecule has 0 spiro atoms. The third kappa shape index (κ3) is 4.56. The number of hydrogen-bond acceptors (Lipinski definition) is 3. The van der Waals surface area contributed by atoms with Crippen molar-refractivity contribution in [2.24, 2.45) is 5.92 Å². The van der Waals surface area contributed by atoms with Crippen LogP contribution in [0.15, 0.2) is 18.2 Å². The average molecular weight is 263 g/mol. The van der Waals surface area contributed by atoms with Gasteiger partial charge in [-0.15, -0.1) is 0 Å². The van der Waals surface area contributed by atoms with E-state index >= 15 is 0 Å². The summed E-state index contributed by atoms with van der Waals surface area (Å²) in [6.07, 6.45) is 3.62. The molecular formula is C15H21NO3. The molecular weight excluding hydrogens is 242 g/mol. The smallest absolute Gasteiger partial charge is 0.335 e. The molecule has 0 bridgehead atoms. The van der Waals surface area contributed by atoms with Gasteiger partial charge in [-0.25, -0.2) is 4.79 Å². The van der Waals surface area contributed by atoms with Crippen molar-refractivity contribution < 1.29 is 14.6 Å². The number of nitrogens with one attached hydrogen (secondary N) is 1. The molecule has 4 nitrogen and oxygen atoms in total. The van der Waals surface area contributed by atoms with E-state index in [4.69, 9.17) is 9.84 Å². The first-order valence-electron chi connectivity index (χ1n) is 6.82. The number of hydrogen-bond donors (Lipinski definition) is 2. The lowest BCUT2D eigenvalue weighted by atomic mass is 10.1. The lowest BCUT2D eigenvalue weighted by Crippen LogP contribution is -2.07. The van der Waals surface area contributed by atoms with Gasteiger partial charge >= 0.3 is 5.97 Å². The second-order valence-electron chi connectivity index (χ2n) is 5.13. The Morgan fingerprint density at radius 2 is 2.26 bits per heavy atom. The standard InChI is InChI=1S/C15H21NO3/c1-11-9-13(5-6-14(11)15(17)18)16-7-2-8-19-10-12-3-4-12/h5-6,9,12,16H,2-4,7-8,10H2,1H3,(H,17,18). The Hall–Kier alpha value is -1.55. The molecule has 0 heterocycles. The summed E-state index contributed by atoms with van der Waals surface area (Å²) in [7, 11) is 0. The Kier molecular flexibility index (Phi) is 4.80. The van der Waals surface area contributed by atoms with Crippen LogP contribution >= 0.6 is 0 Å². The van der Waals surface area contributed by atoms with Gasteiger partial charge in [0.15, 0.2) is 0 Å². The summed E-state index contributed by atoms with van der Waals surface area (Å²) in [5.74, 6) is -0.0586. The van der Waals surface area contributed by atoms with Crippen LogP contribution in [0, 0.1) is 12.8 Å². The molecule has 2 N–H and O–H groups in total. The van der Waals surface area contributed by atoms with Crippen LogP contribution in [0.3, 0.4) is 0 Å². The Labute approximate surface area is 113 Å². The summed E-state index contributed by atoms with van der Waals surface area (Å²) in [4.78, 5) is 10.9. The van der Waals surface area contributed by atoms with E-state index in [0.717, 1.165) is 43.3 Å². The average Bonchev–Trinajstić information content (AvgIpc) is 3.17. The topological polar surface area (TPSA) is 58.6 Å². The van der Waals surface area contributed by atoms with E-state index in [1.807, 2.05) is 19.1 Å². The minimum Gasteiger partial charge on any atom is -0.478 e. The fourth-order valence-corrected chi connectivity index (χ4v) is 1.96. The monoisotopic (exact) mass is 263 g/mol. The van der Waals surface area contributed by atoms with Crippen LogP contribution < -0.4 is 5.32 Å². The van der Waals surface area contributed by atoms with Gasteiger partial charge in [0.25, 0.3) is 0 Å². The lowest BCUT2D eigenvalue weighted by molar-refractivity contribution is 0.0696. The molecule has 1 aromatic carbocycles. The molecule has 0 amide bonds. The van der Waals surface area contributed by atoms with E-state index in [1.165, 1.54) is 12.8 Å². The second-order valence-corrected chi connectivity index (χ2v) is 5.13. The van der Waals surface area contributed by atoms with Crippen molar-refractivity contribution in [1.82, 2.24) is 0 Å². The predicted octanol–water partition coefficient (Wildman–Crippen LogP) is 2.92. The van der Waals surface area contributed by atoms with Gasteiger partial charge in [-0.2, -0.15) is 0 Å². The Bertz CT molecular complexity index is 441. The zero-order chi connectivity index (χ0) is 13.7. The van der Waals surface area contributed by atoms with E-state index in [9.17, 15) is 4.79 Å². The molecule has 0 atom stereocenters. The SMILES string of the molecule is Cc1cc(NCCCOCC2CC2)ccc1C(=O)O. The summed E-state index contributed by atoms with van der Waals surface area (Å²) < 4.78 is 5.55. The third-order valence-electron chi connectivity index (χ3n) is 3.30. The number of aryl methyl sites for hydroxylation is 1. The second kappa shape index (κ2) is 6.57. The molecule has 0 aliphatic heterocycles. The van der Waals surface area contributed by atoms with Crippen LogP contribution in [0.5, 0.6) is 0 Å². The van der Waals surface area contributed by atoms with Crippen molar-refractivity contribution in [2.45, 2.75) is 26.2 Å². The zero-order valence-corrected chi connectivity index (χ0v) is 11.3. The quantitative estimate of drug-likeness (QED) is 0.708. The van der Waals surface area contributed by atoms with E-state index in [2.05, 4.69) is 5.32 Å². The number of ether oxygens (including phenoxy) is 1. The van der Waals surface area contributed by atoms with Gasteiger partial charge in [0.1, 0.15) is 0 Å². The van der Waals surface area contributed by atoms with Crippen molar-refractivity contribution in [2.75, 3.05) is 25.1 Å². The van der Waals surface area contributed by atoms with E-state index in [1.54, 1.807) is 6.07 Å². The van der Waals surface area contributed by atoms with Gasteiger partial charge < -0.3 is 15.2 Å². The highest BCUT2D eigenvalue weighted by Gasteiger charge is 2.20. The van der Waals surface area contributed by atoms with Crippen molar-refractivity contribution in [3.63, 3.8) is 0 Å². The van der Waals surface area contributed by atoms with Gasteiger partial charge in [0.2, 0.25) is 0 Å². The molecule has 4 heteroatoms. The van der Waals surface area contributed by atoms with Gasteiger partial charge in [-0.05, 0) is 55.9 Å². The molecule has 0 unspecified atom stereocenters. The Balaban J connectivity index is 1.67. The molecule has 0 aromatic heterocycles. The molecule has 0 saturated heterocycles. The maximum Gasteiger partial charge on any atom is 0.335 e.